The zero-order chi connectivity index (χ0) is 28.5. The van der Waals surface area contributed by atoms with Crippen LogP contribution in [0, 0.1) is 0 Å². The van der Waals surface area contributed by atoms with Crippen molar-refractivity contribution in [1.82, 2.24) is 14.8 Å². The van der Waals surface area contributed by atoms with Crippen LogP contribution in [0.1, 0.15) is 28.4 Å². The first-order valence-corrected chi connectivity index (χ1v) is 13.9. The fraction of sp³-hybridized carbons (Fsp3) is 0.290. The second-order valence-electron chi connectivity index (χ2n) is 9.35. The molecule has 0 unspecified atom stereocenters. The number of aromatic nitrogens is 1. The maximum Gasteiger partial charge on any atom is 0.254 e. The lowest BCUT2D eigenvalue weighted by Crippen LogP contribution is -2.44. The lowest BCUT2D eigenvalue weighted by Gasteiger charge is -2.28. The Labute approximate surface area is 244 Å². The van der Waals surface area contributed by atoms with Crippen LogP contribution in [0.2, 0.25) is 10.0 Å². The number of methoxy groups -OCH3 is 1. The minimum Gasteiger partial charge on any atom is -0.494 e. The molecule has 1 N–H and O–H groups in total. The lowest BCUT2D eigenvalue weighted by atomic mass is 10.1. The van der Waals surface area contributed by atoms with Crippen molar-refractivity contribution in [2.45, 2.75) is 19.9 Å². The van der Waals surface area contributed by atoms with E-state index in [-0.39, 0.29) is 36.5 Å². The molecule has 210 valence electrons. The van der Waals surface area contributed by atoms with Crippen LogP contribution in [0.3, 0.4) is 0 Å². The molecule has 0 fully saturated rings. The average molecular weight is 583 g/mol. The Hall–Kier alpha value is -3.52. The molecule has 1 heterocycles. The van der Waals surface area contributed by atoms with Crippen LogP contribution in [0.25, 0.3) is 10.9 Å². The van der Waals surface area contributed by atoms with E-state index in [9.17, 15) is 9.59 Å². The Kier molecular flexibility index (Phi) is 10.5. The number of hydrogen-bond donors (Lipinski definition) is 1. The normalized spacial score (nSPS) is 11.0. The minimum absolute atomic E-state index is 0.104. The van der Waals surface area contributed by atoms with Crippen LogP contribution >= 0.6 is 23.2 Å². The molecular formula is C31H33Cl2N3O4. The number of carbonyl (C=O) groups is 2. The van der Waals surface area contributed by atoms with Crippen molar-refractivity contribution in [1.29, 1.82) is 0 Å². The molecule has 4 rings (SSSR count). The third-order valence-electron chi connectivity index (χ3n) is 6.63. The van der Waals surface area contributed by atoms with Crippen molar-refractivity contribution < 1.29 is 19.1 Å². The molecule has 4 aromatic rings. The van der Waals surface area contributed by atoms with Crippen LogP contribution in [0.15, 0.2) is 72.9 Å². The summed E-state index contributed by atoms with van der Waals surface area (Å²) in [6, 6.07) is 20.5. The predicted molar refractivity (Wildman–Crippen MR) is 159 cm³/mol. The number of hydrogen-bond acceptors (Lipinski definition) is 4. The Morgan fingerprint density at radius 1 is 0.925 bits per heavy atom. The highest BCUT2D eigenvalue weighted by Crippen LogP contribution is 2.24. The molecule has 0 saturated carbocycles. The fourth-order valence-corrected chi connectivity index (χ4v) is 4.79. The van der Waals surface area contributed by atoms with E-state index in [0.717, 1.165) is 27.8 Å². The number of fused-ring (bicyclic) bond motifs is 1. The van der Waals surface area contributed by atoms with Crippen molar-refractivity contribution in [3.63, 3.8) is 0 Å². The van der Waals surface area contributed by atoms with Gasteiger partial charge < -0.3 is 24.3 Å². The summed E-state index contributed by atoms with van der Waals surface area (Å²) in [6.07, 6.45) is 2.65. The first kappa shape index (κ1) is 29.5. The Morgan fingerprint density at radius 3 is 2.42 bits per heavy atom. The van der Waals surface area contributed by atoms with Gasteiger partial charge in [-0.2, -0.15) is 0 Å². The van der Waals surface area contributed by atoms with Crippen LogP contribution in [0.5, 0.6) is 5.75 Å². The molecular weight excluding hydrogens is 549 g/mol. The maximum atomic E-state index is 13.8. The molecule has 7 nitrogen and oxygen atoms in total. The van der Waals surface area contributed by atoms with E-state index in [1.165, 1.54) is 11.0 Å². The van der Waals surface area contributed by atoms with E-state index in [0.29, 0.717) is 36.7 Å². The SMILES string of the molecule is CCOc1ccc(CN(CCc2c[nH]c3ccccc23)C(=O)CN(CCOC)C(=O)c2ccc(Cl)c(Cl)c2)cc1. The van der Waals surface area contributed by atoms with Gasteiger partial charge in [0.25, 0.3) is 5.91 Å². The van der Waals surface area contributed by atoms with E-state index >= 15 is 0 Å². The van der Waals surface area contributed by atoms with Crippen molar-refractivity contribution >= 4 is 45.9 Å². The molecule has 0 aliphatic rings. The van der Waals surface area contributed by atoms with Gasteiger partial charge in [-0.1, -0.05) is 53.5 Å². The Morgan fingerprint density at radius 2 is 1.70 bits per heavy atom. The second-order valence-corrected chi connectivity index (χ2v) is 10.2. The number of ether oxygens (including phenoxy) is 2. The summed E-state index contributed by atoms with van der Waals surface area (Å²) >= 11 is 12.2. The van der Waals surface area contributed by atoms with Crippen molar-refractivity contribution in [2.24, 2.45) is 0 Å². The molecule has 0 atom stereocenters. The summed E-state index contributed by atoms with van der Waals surface area (Å²) in [6.45, 7) is 3.83. The number of aromatic amines is 1. The molecule has 2 amide bonds. The van der Waals surface area contributed by atoms with Gasteiger partial charge in [0.05, 0.1) is 23.3 Å². The van der Waals surface area contributed by atoms with Gasteiger partial charge in [-0.05, 0) is 60.9 Å². The lowest BCUT2D eigenvalue weighted by molar-refractivity contribution is -0.132. The van der Waals surface area contributed by atoms with Gasteiger partial charge in [0.1, 0.15) is 12.3 Å². The quantitative estimate of drug-likeness (QED) is 0.203. The first-order valence-electron chi connectivity index (χ1n) is 13.2. The number of halogens is 2. The standard InChI is InChI=1S/C31H33Cl2N3O4/c1-3-40-25-11-8-22(9-12-25)20-35(15-14-24-19-34-29-7-5-4-6-26(24)29)30(37)21-36(16-17-39-2)31(38)23-10-13-27(32)28(33)18-23/h4-13,18-19,34H,3,14-17,20-21H2,1-2H3. The van der Waals surface area contributed by atoms with Crippen molar-refractivity contribution in [3.8, 4) is 5.75 Å². The Bertz CT molecular complexity index is 1440. The number of benzene rings is 3. The molecule has 0 aliphatic carbocycles. The molecule has 0 bridgehead atoms. The highest BCUT2D eigenvalue weighted by Gasteiger charge is 2.23. The van der Waals surface area contributed by atoms with E-state index in [4.69, 9.17) is 32.7 Å². The van der Waals surface area contributed by atoms with E-state index < -0.39 is 0 Å². The summed E-state index contributed by atoms with van der Waals surface area (Å²) in [5, 5.41) is 1.77. The monoisotopic (exact) mass is 581 g/mol. The number of nitrogens with one attached hydrogen (secondary N) is 1. The summed E-state index contributed by atoms with van der Waals surface area (Å²) < 4.78 is 10.8. The largest absolute Gasteiger partial charge is 0.494 e. The molecule has 0 spiro atoms. The van der Waals surface area contributed by atoms with Gasteiger partial charge in [-0.25, -0.2) is 0 Å². The molecule has 0 saturated heterocycles. The van der Waals surface area contributed by atoms with E-state index in [1.807, 2.05) is 55.6 Å². The second kappa shape index (κ2) is 14.2. The van der Waals surface area contributed by atoms with Crippen LogP contribution in [0.4, 0.5) is 0 Å². The number of rotatable bonds is 13. The van der Waals surface area contributed by atoms with Gasteiger partial charge in [0.15, 0.2) is 0 Å². The predicted octanol–water partition coefficient (Wildman–Crippen LogP) is 6.23. The maximum absolute atomic E-state index is 13.8. The topological polar surface area (TPSA) is 74.9 Å². The molecule has 3 aromatic carbocycles. The third-order valence-corrected chi connectivity index (χ3v) is 7.37. The van der Waals surface area contributed by atoms with Crippen molar-refractivity contribution in [3.05, 3.63) is 99.7 Å². The van der Waals surface area contributed by atoms with Crippen molar-refractivity contribution in [2.75, 3.05) is 40.0 Å². The summed E-state index contributed by atoms with van der Waals surface area (Å²) in [5.74, 6) is 0.292. The van der Waals surface area contributed by atoms with Gasteiger partial charge in [0.2, 0.25) is 5.91 Å². The van der Waals surface area contributed by atoms with Gasteiger partial charge in [-0.3, -0.25) is 9.59 Å². The highest BCUT2D eigenvalue weighted by atomic mass is 35.5. The minimum atomic E-state index is -0.318. The molecule has 0 radical (unpaired) electrons. The number of nitrogens with zero attached hydrogens (tertiary/aromatic N) is 2. The van der Waals surface area contributed by atoms with Gasteiger partial charge in [0, 0.05) is 49.4 Å². The zero-order valence-electron chi connectivity index (χ0n) is 22.7. The molecule has 1 aromatic heterocycles. The summed E-state index contributed by atoms with van der Waals surface area (Å²) in [5.41, 5.74) is 3.51. The third kappa shape index (κ3) is 7.56. The summed E-state index contributed by atoms with van der Waals surface area (Å²) in [4.78, 5) is 33.8. The van der Waals surface area contributed by atoms with Gasteiger partial charge in [-0.15, -0.1) is 0 Å². The fourth-order valence-electron chi connectivity index (χ4n) is 4.49. The first-order chi connectivity index (χ1) is 19.4. The Balaban J connectivity index is 1.55. The van der Waals surface area contributed by atoms with E-state index in [2.05, 4.69) is 11.1 Å². The van der Waals surface area contributed by atoms with Gasteiger partial charge >= 0.3 is 0 Å². The number of carbonyl (C=O) groups excluding carboxylic acids is 2. The molecule has 0 aliphatic heterocycles. The zero-order valence-corrected chi connectivity index (χ0v) is 24.2. The molecule has 9 heteroatoms. The molecule has 40 heavy (non-hydrogen) atoms. The highest BCUT2D eigenvalue weighted by molar-refractivity contribution is 6.42. The smallest absolute Gasteiger partial charge is 0.254 e. The summed E-state index contributed by atoms with van der Waals surface area (Å²) in [7, 11) is 1.56. The number of para-hydroxylation sites is 1. The van der Waals surface area contributed by atoms with Crippen LogP contribution in [-0.4, -0.2) is 66.6 Å². The number of H-pyrrole nitrogens is 1. The van der Waals surface area contributed by atoms with E-state index in [1.54, 1.807) is 24.1 Å². The van der Waals surface area contributed by atoms with Crippen LogP contribution < -0.4 is 4.74 Å². The van der Waals surface area contributed by atoms with Crippen LogP contribution in [-0.2, 0) is 22.5 Å². The average Bonchev–Trinajstić information content (AvgIpc) is 3.38. The number of amides is 2.